The fraction of sp³-hybridized carbons (Fsp3) is 0.600. The molecule has 0 fully saturated rings. The standard InChI is InChI=1S/C20H31NO4/c1-8-14-21(17(22)9-2)15-10-12-16(13-11-15)24-20(6,7)18(23)25-19(3,4)5/h10-13H,8-9,14H2,1-7H3. The molecule has 1 aromatic rings. The zero-order chi connectivity index (χ0) is 19.3. The van der Waals surface area contributed by atoms with Gasteiger partial charge in [0.2, 0.25) is 5.91 Å². The van der Waals surface area contributed by atoms with Crippen LogP contribution >= 0.6 is 0 Å². The Morgan fingerprint density at radius 3 is 2.00 bits per heavy atom. The van der Waals surface area contributed by atoms with Gasteiger partial charge in [0, 0.05) is 18.7 Å². The third kappa shape index (κ3) is 6.40. The van der Waals surface area contributed by atoms with Crippen LogP contribution in [0.4, 0.5) is 5.69 Å². The van der Waals surface area contributed by atoms with Gasteiger partial charge in [0.1, 0.15) is 11.4 Å². The summed E-state index contributed by atoms with van der Waals surface area (Å²) in [5.41, 5.74) is -0.837. The first-order chi connectivity index (χ1) is 11.5. The highest BCUT2D eigenvalue weighted by Gasteiger charge is 2.34. The Morgan fingerprint density at radius 1 is 1.00 bits per heavy atom. The number of rotatable bonds is 7. The largest absolute Gasteiger partial charge is 0.476 e. The third-order valence-electron chi connectivity index (χ3n) is 3.46. The zero-order valence-corrected chi connectivity index (χ0v) is 16.5. The summed E-state index contributed by atoms with van der Waals surface area (Å²) in [6.45, 7) is 13.4. The van der Waals surface area contributed by atoms with Crippen molar-refractivity contribution in [3.8, 4) is 5.75 Å². The van der Waals surface area contributed by atoms with Crippen LogP contribution in [-0.4, -0.2) is 29.6 Å². The van der Waals surface area contributed by atoms with Crippen LogP contribution in [0, 0.1) is 0 Å². The van der Waals surface area contributed by atoms with Crippen molar-refractivity contribution in [1.29, 1.82) is 0 Å². The van der Waals surface area contributed by atoms with Gasteiger partial charge >= 0.3 is 5.97 Å². The number of amides is 1. The van der Waals surface area contributed by atoms with Crippen molar-refractivity contribution in [1.82, 2.24) is 0 Å². The minimum absolute atomic E-state index is 0.0876. The predicted molar refractivity (Wildman–Crippen MR) is 99.9 cm³/mol. The molecule has 0 saturated heterocycles. The molecule has 0 N–H and O–H groups in total. The smallest absolute Gasteiger partial charge is 0.350 e. The third-order valence-corrected chi connectivity index (χ3v) is 3.46. The number of esters is 1. The van der Waals surface area contributed by atoms with Crippen molar-refractivity contribution in [2.45, 2.75) is 72.5 Å². The molecule has 0 atom stereocenters. The van der Waals surface area contributed by atoms with Gasteiger partial charge in [-0.05, 0) is 65.3 Å². The van der Waals surface area contributed by atoms with E-state index in [1.807, 2.05) is 46.8 Å². The summed E-state index contributed by atoms with van der Waals surface area (Å²) in [6, 6.07) is 7.22. The molecule has 5 heteroatoms. The highest BCUT2D eigenvalue weighted by atomic mass is 16.6. The van der Waals surface area contributed by atoms with Crippen LogP contribution in [0.5, 0.6) is 5.75 Å². The molecule has 0 saturated carbocycles. The van der Waals surface area contributed by atoms with Crippen molar-refractivity contribution < 1.29 is 19.1 Å². The number of carbonyl (C=O) groups excluding carboxylic acids is 2. The fourth-order valence-electron chi connectivity index (χ4n) is 2.24. The number of anilines is 1. The van der Waals surface area contributed by atoms with Crippen LogP contribution < -0.4 is 9.64 Å². The van der Waals surface area contributed by atoms with E-state index in [4.69, 9.17) is 9.47 Å². The molecule has 1 aromatic carbocycles. The minimum Gasteiger partial charge on any atom is -0.476 e. The summed E-state index contributed by atoms with van der Waals surface area (Å²) in [4.78, 5) is 26.1. The van der Waals surface area contributed by atoms with Crippen LogP contribution in [0.3, 0.4) is 0 Å². The fourth-order valence-corrected chi connectivity index (χ4v) is 2.24. The van der Waals surface area contributed by atoms with Crippen LogP contribution in [0.1, 0.15) is 61.3 Å². The lowest BCUT2D eigenvalue weighted by molar-refractivity contribution is -0.170. The maximum Gasteiger partial charge on any atom is 0.350 e. The van der Waals surface area contributed by atoms with Crippen LogP contribution in [-0.2, 0) is 14.3 Å². The van der Waals surface area contributed by atoms with E-state index >= 15 is 0 Å². The lowest BCUT2D eigenvalue weighted by atomic mass is 10.1. The average molecular weight is 349 g/mol. The topological polar surface area (TPSA) is 55.8 Å². The monoisotopic (exact) mass is 349 g/mol. The quantitative estimate of drug-likeness (QED) is 0.687. The second-order valence-electron chi connectivity index (χ2n) is 7.51. The number of carbonyl (C=O) groups is 2. The molecule has 0 heterocycles. The molecule has 0 bridgehead atoms. The van der Waals surface area contributed by atoms with Gasteiger partial charge in [0.05, 0.1) is 0 Å². The maximum absolute atomic E-state index is 12.3. The van der Waals surface area contributed by atoms with Gasteiger partial charge < -0.3 is 14.4 Å². The molecule has 0 aliphatic heterocycles. The Kier molecular flexibility index (Phi) is 7.03. The summed E-state index contributed by atoms with van der Waals surface area (Å²) in [5.74, 6) is 0.224. The van der Waals surface area contributed by atoms with Gasteiger partial charge in [-0.25, -0.2) is 4.79 Å². The van der Waals surface area contributed by atoms with E-state index in [0.29, 0.717) is 18.7 Å². The first kappa shape index (κ1) is 21.0. The highest BCUT2D eigenvalue weighted by molar-refractivity contribution is 5.93. The van der Waals surface area contributed by atoms with Crippen molar-refractivity contribution in [2.75, 3.05) is 11.4 Å². The number of benzene rings is 1. The Balaban J connectivity index is 2.88. The Bertz CT molecular complexity index is 585. The van der Waals surface area contributed by atoms with Gasteiger partial charge in [-0.1, -0.05) is 13.8 Å². The number of hydrogen-bond acceptors (Lipinski definition) is 4. The average Bonchev–Trinajstić information content (AvgIpc) is 2.51. The van der Waals surface area contributed by atoms with Crippen molar-refractivity contribution in [3.05, 3.63) is 24.3 Å². The molecule has 25 heavy (non-hydrogen) atoms. The lowest BCUT2D eigenvalue weighted by Gasteiger charge is -2.29. The molecular formula is C20H31NO4. The molecule has 0 spiro atoms. The summed E-state index contributed by atoms with van der Waals surface area (Å²) in [6.07, 6.45) is 1.35. The predicted octanol–water partition coefficient (Wildman–Crippen LogP) is 4.34. The molecule has 0 aliphatic carbocycles. The normalized spacial score (nSPS) is 11.8. The molecule has 140 valence electrons. The second kappa shape index (κ2) is 8.37. The number of hydrogen-bond donors (Lipinski definition) is 0. The summed E-state index contributed by atoms with van der Waals surface area (Å²) < 4.78 is 11.2. The van der Waals surface area contributed by atoms with Gasteiger partial charge in [0.15, 0.2) is 5.60 Å². The minimum atomic E-state index is -1.10. The van der Waals surface area contributed by atoms with Crippen molar-refractivity contribution in [2.24, 2.45) is 0 Å². The van der Waals surface area contributed by atoms with E-state index in [-0.39, 0.29) is 5.91 Å². The van der Waals surface area contributed by atoms with Gasteiger partial charge in [-0.2, -0.15) is 0 Å². The van der Waals surface area contributed by atoms with Crippen molar-refractivity contribution in [3.63, 3.8) is 0 Å². The summed E-state index contributed by atoms with van der Waals surface area (Å²) >= 11 is 0. The van der Waals surface area contributed by atoms with E-state index in [2.05, 4.69) is 0 Å². The highest BCUT2D eigenvalue weighted by Crippen LogP contribution is 2.25. The van der Waals surface area contributed by atoms with E-state index in [1.54, 1.807) is 30.9 Å². The first-order valence-corrected chi connectivity index (χ1v) is 8.83. The van der Waals surface area contributed by atoms with Crippen LogP contribution in [0.15, 0.2) is 24.3 Å². The first-order valence-electron chi connectivity index (χ1n) is 8.83. The zero-order valence-electron chi connectivity index (χ0n) is 16.5. The number of ether oxygens (including phenoxy) is 2. The summed E-state index contributed by atoms with van der Waals surface area (Å²) in [5, 5.41) is 0. The van der Waals surface area contributed by atoms with E-state index in [0.717, 1.165) is 12.1 Å². The molecule has 0 unspecified atom stereocenters. The molecule has 1 amide bonds. The Labute approximate surface area is 151 Å². The van der Waals surface area contributed by atoms with Crippen LogP contribution in [0.25, 0.3) is 0 Å². The Hall–Kier alpha value is -2.04. The molecule has 5 nitrogen and oxygen atoms in total. The SMILES string of the molecule is CCCN(C(=O)CC)c1ccc(OC(C)(C)C(=O)OC(C)(C)C)cc1. The molecule has 0 aliphatic rings. The van der Waals surface area contributed by atoms with Gasteiger partial charge in [-0.3, -0.25) is 4.79 Å². The molecule has 0 radical (unpaired) electrons. The van der Waals surface area contributed by atoms with E-state index in [9.17, 15) is 9.59 Å². The molecule has 1 rings (SSSR count). The Morgan fingerprint density at radius 2 is 1.56 bits per heavy atom. The number of nitrogens with zero attached hydrogens (tertiary/aromatic N) is 1. The maximum atomic E-state index is 12.3. The summed E-state index contributed by atoms with van der Waals surface area (Å²) in [7, 11) is 0. The van der Waals surface area contributed by atoms with Gasteiger partial charge in [-0.15, -0.1) is 0 Å². The molecular weight excluding hydrogens is 318 g/mol. The van der Waals surface area contributed by atoms with E-state index < -0.39 is 17.2 Å². The lowest BCUT2D eigenvalue weighted by Crippen LogP contribution is -2.43. The molecule has 0 aromatic heterocycles. The van der Waals surface area contributed by atoms with Crippen LogP contribution in [0.2, 0.25) is 0 Å². The second-order valence-corrected chi connectivity index (χ2v) is 7.51. The van der Waals surface area contributed by atoms with Gasteiger partial charge in [0.25, 0.3) is 0 Å². The van der Waals surface area contributed by atoms with Crippen molar-refractivity contribution >= 4 is 17.6 Å². The van der Waals surface area contributed by atoms with E-state index in [1.165, 1.54) is 0 Å².